The van der Waals surface area contributed by atoms with Gasteiger partial charge in [-0.25, -0.2) is 13.1 Å². The van der Waals surface area contributed by atoms with Crippen molar-refractivity contribution >= 4 is 15.9 Å². The Bertz CT molecular complexity index is 529. The summed E-state index contributed by atoms with van der Waals surface area (Å²) in [6.45, 7) is 3.44. The molecule has 0 aromatic carbocycles. The zero-order chi connectivity index (χ0) is 16.5. The molecule has 1 amide bonds. The van der Waals surface area contributed by atoms with Crippen molar-refractivity contribution in [2.75, 3.05) is 32.4 Å². The van der Waals surface area contributed by atoms with E-state index < -0.39 is 10.0 Å². The Morgan fingerprint density at radius 2 is 1.57 bits per heavy atom. The summed E-state index contributed by atoms with van der Waals surface area (Å²) in [6, 6.07) is -0.0274. The Morgan fingerprint density at radius 1 is 1.00 bits per heavy atom. The Hall–Kier alpha value is -0.660. The second-order valence-corrected chi connectivity index (χ2v) is 9.17. The molecule has 2 saturated heterocycles. The fraction of sp³-hybridized carbons (Fsp3) is 0.938. The predicted molar refractivity (Wildman–Crippen MR) is 89.6 cm³/mol. The lowest BCUT2D eigenvalue weighted by molar-refractivity contribution is -0.145. The smallest absolute Gasteiger partial charge is 0.243 e. The summed E-state index contributed by atoms with van der Waals surface area (Å²) in [5.41, 5.74) is -0.256. The second kappa shape index (κ2) is 6.69. The summed E-state index contributed by atoms with van der Waals surface area (Å²) in [5.74, 6) is 0.301. The normalized spacial score (nSPS) is 26.7. The van der Waals surface area contributed by atoms with Crippen molar-refractivity contribution in [1.82, 2.24) is 14.5 Å². The lowest BCUT2D eigenvalue weighted by atomic mass is 9.92. The van der Waals surface area contributed by atoms with Crippen molar-refractivity contribution < 1.29 is 13.2 Å². The van der Waals surface area contributed by atoms with Crippen molar-refractivity contribution in [3.8, 4) is 0 Å². The Balaban J connectivity index is 1.63. The van der Waals surface area contributed by atoms with Gasteiger partial charge in [0.25, 0.3) is 0 Å². The SMILES string of the molecule is CS(=O)(=O)NC1CCN(C(=O)C2(N3CCCC3)CCCC2)CC1. The molecule has 0 atom stereocenters. The van der Waals surface area contributed by atoms with Gasteiger partial charge in [-0.1, -0.05) is 12.8 Å². The average molecular weight is 343 g/mol. The quantitative estimate of drug-likeness (QED) is 0.825. The molecule has 132 valence electrons. The molecule has 2 heterocycles. The molecule has 1 aliphatic carbocycles. The highest BCUT2D eigenvalue weighted by Gasteiger charge is 2.48. The Kier molecular flexibility index (Phi) is 4.99. The number of rotatable bonds is 4. The lowest BCUT2D eigenvalue weighted by Gasteiger charge is -2.43. The largest absolute Gasteiger partial charge is 0.341 e. The molecular formula is C16H29N3O3S. The predicted octanol–water partition coefficient (Wildman–Crippen LogP) is 0.935. The zero-order valence-corrected chi connectivity index (χ0v) is 14.9. The van der Waals surface area contributed by atoms with Crippen molar-refractivity contribution in [1.29, 1.82) is 0 Å². The van der Waals surface area contributed by atoms with Gasteiger partial charge in [-0.15, -0.1) is 0 Å². The number of hydrogen-bond donors (Lipinski definition) is 1. The molecule has 0 bridgehead atoms. The summed E-state index contributed by atoms with van der Waals surface area (Å²) < 4.78 is 25.4. The molecule has 23 heavy (non-hydrogen) atoms. The standard InChI is InChI=1S/C16H29N3O3S/c1-23(21,22)17-14-6-12-18(13-7-14)15(20)16(8-2-3-9-16)19-10-4-5-11-19/h14,17H,2-13H2,1H3. The number of carbonyl (C=O) groups is 1. The van der Waals surface area contributed by atoms with E-state index in [9.17, 15) is 13.2 Å². The number of amides is 1. The van der Waals surface area contributed by atoms with Gasteiger partial charge in [-0.2, -0.15) is 0 Å². The van der Waals surface area contributed by atoms with Crippen LogP contribution < -0.4 is 4.72 Å². The van der Waals surface area contributed by atoms with Crippen LogP contribution in [-0.4, -0.2) is 68.1 Å². The molecular weight excluding hydrogens is 314 g/mol. The van der Waals surface area contributed by atoms with Gasteiger partial charge < -0.3 is 4.90 Å². The van der Waals surface area contributed by atoms with E-state index in [0.717, 1.165) is 51.6 Å². The first-order chi connectivity index (χ1) is 10.9. The first-order valence-corrected chi connectivity index (χ1v) is 10.8. The number of hydrogen-bond acceptors (Lipinski definition) is 4. The molecule has 0 radical (unpaired) electrons. The topological polar surface area (TPSA) is 69.7 Å². The maximum atomic E-state index is 13.2. The van der Waals surface area contributed by atoms with Gasteiger partial charge >= 0.3 is 0 Å². The van der Waals surface area contributed by atoms with Gasteiger partial charge in [0, 0.05) is 19.1 Å². The second-order valence-electron chi connectivity index (χ2n) is 7.39. The number of sulfonamides is 1. The number of piperidine rings is 1. The molecule has 0 spiro atoms. The van der Waals surface area contributed by atoms with Gasteiger partial charge in [0.05, 0.1) is 6.26 Å². The third-order valence-electron chi connectivity index (χ3n) is 5.70. The van der Waals surface area contributed by atoms with Crippen molar-refractivity contribution in [3.63, 3.8) is 0 Å². The van der Waals surface area contributed by atoms with Crippen LogP contribution in [0.4, 0.5) is 0 Å². The van der Waals surface area contributed by atoms with Gasteiger partial charge in [0.15, 0.2) is 0 Å². The molecule has 0 aromatic heterocycles. The van der Waals surface area contributed by atoms with E-state index in [1.54, 1.807) is 0 Å². The van der Waals surface area contributed by atoms with Crippen LogP contribution in [0.15, 0.2) is 0 Å². The van der Waals surface area contributed by atoms with Gasteiger partial charge in [-0.05, 0) is 51.6 Å². The molecule has 1 saturated carbocycles. The summed E-state index contributed by atoms with van der Waals surface area (Å²) in [5, 5.41) is 0. The van der Waals surface area contributed by atoms with Crippen LogP contribution in [0.1, 0.15) is 51.4 Å². The fourth-order valence-electron chi connectivity index (χ4n) is 4.57. The molecule has 1 N–H and O–H groups in total. The van der Waals surface area contributed by atoms with E-state index in [2.05, 4.69) is 9.62 Å². The molecule has 6 nitrogen and oxygen atoms in total. The number of nitrogens with one attached hydrogen (secondary N) is 1. The van der Waals surface area contributed by atoms with Crippen LogP contribution >= 0.6 is 0 Å². The molecule has 3 aliphatic rings. The van der Waals surface area contributed by atoms with E-state index >= 15 is 0 Å². The molecule has 0 aromatic rings. The Labute approximate surface area is 139 Å². The third-order valence-corrected chi connectivity index (χ3v) is 6.46. The number of likely N-dealkylation sites (tertiary alicyclic amines) is 2. The maximum Gasteiger partial charge on any atom is 0.243 e. The molecule has 3 rings (SSSR count). The Morgan fingerprint density at radius 3 is 2.09 bits per heavy atom. The van der Waals surface area contributed by atoms with Crippen LogP contribution in [0.2, 0.25) is 0 Å². The number of carbonyl (C=O) groups excluding carboxylic acids is 1. The summed E-state index contributed by atoms with van der Waals surface area (Å²) >= 11 is 0. The fourth-order valence-corrected chi connectivity index (χ4v) is 5.41. The highest BCUT2D eigenvalue weighted by atomic mass is 32.2. The van der Waals surface area contributed by atoms with Crippen LogP contribution in [0, 0.1) is 0 Å². The summed E-state index contributed by atoms with van der Waals surface area (Å²) in [7, 11) is -3.16. The van der Waals surface area contributed by atoms with Crippen LogP contribution in [0.5, 0.6) is 0 Å². The van der Waals surface area contributed by atoms with Crippen molar-refractivity contribution in [2.45, 2.75) is 62.9 Å². The van der Waals surface area contributed by atoms with E-state index in [0.29, 0.717) is 19.0 Å². The first-order valence-electron chi connectivity index (χ1n) is 8.92. The van der Waals surface area contributed by atoms with E-state index in [1.165, 1.54) is 19.1 Å². The minimum Gasteiger partial charge on any atom is -0.341 e. The summed E-state index contributed by atoms with van der Waals surface area (Å²) in [4.78, 5) is 17.7. The van der Waals surface area contributed by atoms with Crippen LogP contribution in [-0.2, 0) is 14.8 Å². The molecule has 2 aliphatic heterocycles. The molecule has 7 heteroatoms. The summed E-state index contributed by atoms with van der Waals surface area (Å²) in [6.07, 6.45) is 9.32. The van der Waals surface area contributed by atoms with E-state index in [4.69, 9.17) is 0 Å². The number of nitrogens with zero attached hydrogens (tertiary/aromatic N) is 2. The molecule has 3 fully saturated rings. The monoisotopic (exact) mass is 343 g/mol. The highest BCUT2D eigenvalue weighted by molar-refractivity contribution is 7.88. The maximum absolute atomic E-state index is 13.2. The zero-order valence-electron chi connectivity index (χ0n) is 14.1. The highest BCUT2D eigenvalue weighted by Crippen LogP contribution is 2.39. The minimum atomic E-state index is -3.16. The van der Waals surface area contributed by atoms with Gasteiger partial charge in [0.1, 0.15) is 5.54 Å². The van der Waals surface area contributed by atoms with Crippen LogP contribution in [0.25, 0.3) is 0 Å². The van der Waals surface area contributed by atoms with E-state index in [1.807, 2.05) is 4.90 Å². The lowest BCUT2D eigenvalue weighted by Crippen LogP contribution is -2.59. The van der Waals surface area contributed by atoms with E-state index in [-0.39, 0.29) is 11.6 Å². The third kappa shape index (κ3) is 3.72. The van der Waals surface area contributed by atoms with Gasteiger partial charge in [-0.3, -0.25) is 9.69 Å². The first kappa shape index (κ1) is 17.2. The van der Waals surface area contributed by atoms with Crippen molar-refractivity contribution in [3.05, 3.63) is 0 Å². The molecule has 0 unspecified atom stereocenters. The average Bonchev–Trinajstić information content (AvgIpc) is 3.17. The minimum absolute atomic E-state index is 0.0274. The van der Waals surface area contributed by atoms with Crippen molar-refractivity contribution in [2.24, 2.45) is 0 Å². The van der Waals surface area contributed by atoms with Crippen LogP contribution in [0.3, 0.4) is 0 Å². The van der Waals surface area contributed by atoms with Gasteiger partial charge in [0.2, 0.25) is 15.9 Å².